The summed E-state index contributed by atoms with van der Waals surface area (Å²) in [5.74, 6) is -1.58. The maximum Gasteiger partial charge on any atom is 0.262 e. The van der Waals surface area contributed by atoms with Crippen LogP contribution in [0.5, 0.6) is 0 Å². The van der Waals surface area contributed by atoms with Crippen molar-refractivity contribution in [1.82, 2.24) is 10.2 Å². The summed E-state index contributed by atoms with van der Waals surface area (Å²) in [6.45, 7) is 0.116. The minimum absolute atomic E-state index is 0.0645. The molecule has 30 heavy (non-hydrogen) atoms. The SMILES string of the molecule is O=C(NOCc1ccccc1)C(Cc1ccccc1)NS(=O)(=O)c1ccccc1F. The molecule has 0 radical (unpaired) electrons. The molecule has 156 valence electrons. The molecule has 0 aliphatic carbocycles. The molecule has 2 N–H and O–H groups in total. The Kier molecular flexibility index (Phi) is 7.29. The molecule has 0 saturated carbocycles. The molecular formula is C22H21FN2O4S. The van der Waals surface area contributed by atoms with Crippen molar-refractivity contribution in [2.75, 3.05) is 0 Å². The van der Waals surface area contributed by atoms with Crippen LogP contribution in [-0.4, -0.2) is 20.4 Å². The van der Waals surface area contributed by atoms with Crippen molar-refractivity contribution in [2.24, 2.45) is 0 Å². The molecule has 3 aromatic rings. The van der Waals surface area contributed by atoms with Gasteiger partial charge in [-0.05, 0) is 29.7 Å². The summed E-state index contributed by atoms with van der Waals surface area (Å²) in [6.07, 6.45) is 0.0645. The van der Waals surface area contributed by atoms with E-state index in [1.165, 1.54) is 12.1 Å². The predicted molar refractivity (Wildman–Crippen MR) is 110 cm³/mol. The first-order valence-corrected chi connectivity index (χ1v) is 10.7. The van der Waals surface area contributed by atoms with Gasteiger partial charge in [-0.15, -0.1) is 0 Å². The summed E-state index contributed by atoms with van der Waals surface area (Å²) in [7, 11) is -4.27. The smallest absolute Gasteiger partial charge is 0.262 e. The summed E-state index contributed by atoms with van der Waals surface area (Å²) >= 11 is 0. The van der Waals surface area contributed by atoms with Crippen LogP contribution >= 0.6 is 0 Å². The standard InChI is InChI=1S/C22H21FN2O4S/c23-19-13-7-8-14-21(19)30(27,28)25-20(15-17-9-3-1-4-10-17)22(26)24-29-16-18-11-5-2-6-12-18/h1-14,20,25H,15-16H2,(H,24,26). The van der Waals surface area contributed by atoms with Gasteiger partial charge in [0.25, 0.3) is 5.91 Å². The number of rotatable bonds is 9. The molecule has 8 heteroatoms. The van der Waals surface area contributed by atoms with Crippen LogP contribution in [0.4, 0.5) is 4.39 Å². The van der Waals surface area contributed by atoms with E-state index >= 15 is 0 Å². The second-order valence-corrected chi connectivity index (χ2v) is 8.22. The molecule has 0 aromatic heterocycles. The van der Waals surface area contributed by atoms with Crippen molar-refractivity contribution in [1.29, 1.82) is 0 Å². The summed E-state index contributed by atoms with van der Waals surface area (Å²) in [5, 5.41) is 0. The zero-order valence-corrected chi connectivity index (χ0v) is 16.8. The van der Waals surface area contributed by atoms with Gasteiger partial charge >= 0.3 is 0 Å². The monoisotopic (exact) mass is 428 g/mol. The first-order chi connectivity index (χ1) is 14.5. The molecule has 1 amide bonds. The summed E-state index contributed by atoms with van der Waals surface area (Å²) < 4.78 is 41.7. The van der Waals surface area contributed by atoms with Crippen LogP contribution in [0.1, 0.15) is 11.1 Å². The topological polar surface area (TPSA) is 84.5 Å². The van der Waals surface area contributed by atoms with Gasteiger partial charge in [0, 0.05) is 0 Å². The fourth-order valence-corrected chi connectivity index (χ4v) is 4.06. The normalized spacial score (nSPS) is 12.3. The van der Waals surface area contributed by atoms with E-state index in [9.17, 15) is 17.6 Å². The van der Waals surface area contributed by atoms with Crippen LogP contribution in [0.3, 0.4) is 0 Å². The Balaban J connectivity index is 1.74. The molecule has 1 atom stereocenters. The largest absolute Gasteiger partial charge is 0.271 e. The Morgan fingerprint density at radius 3 is 2.07 bits per heavy atom. The number of carbonyl (C=O) groups is 1. The van der Waals surface area contributed by atoms with E-state index in [4.69, 9.17) is 4.84 Å². The van der Waals surface area contributed by atoms with E-state index < -0.39 is 32.7 Å². The van der Waals surface area contributed by atoms with Crippen molar-refractivity contribution < 1.29 is 22.4 Å². The molecule has 0 bridgehead atoms. The van der Waals surface area contributed by atoms with Crippen molar-refractivity contribution in [2.45, 2.75) is 24.0 Å². The van der Waals surface area contributed by atoms with Crippen LogP contribution < -0.4 is 10.2 Å². The highest BCUT2D eigenvalue weighted by atomic mass is 32.2. The molecule has 1 unspecified atom stereocenters. The molecule has 6 nitrogen and oxygen atoms in total. The van der Waals surface area contributed by atoms with E-state index in [1.54, 1.807) is 24.3 Å². The van der Waals surface area contributed by atoms with Crippen LogP contribution in [0.15, 0.2) is 89.8 Å². The van der Waals surface area contributed by atoms with E-state index in [2.05, 4.69) is 10.2 Å². The van der Waals surface area contributed by atoms with Crippen LogP contribution in [0.25, 0.3) is 0 Å². The molecule has 0 fully saturated rings. The average Bonchev–Trinajstić information content (AvgIpc) is 2.75. The van der Waals surface area contributed by atoms with E-state index in [0.29, 0.717) is 0 Å². The fourth-order valence-electron chi connectivity index (χ4n) is 2.79. The lowest BCUT2D eigenvalue weighted by molar-refractivity contribution is -0.136. The Bertz CT molecular complexity index is 1080. The summed E-state index contributed by atoms with van der Waals surface area (Å²) in [5.41, 5.74) is 3.85. The number of hydrogen-bond donors (Lipinski definition) is 2. The maximum absolute atomic E-state index is 14.0. The van der Waals surface area contributed by atoms with Crippen molar-refractivity contribution >= 4 is 15.9 Å². The second-order valence-electron chi connectivity index (χ2n) is 6.53. The van der Waals surface area contributed by atoms with Gasteiger partial charge in [0.05, 0.1) is 6.61 Å². The van der Waals surface area contributed by atoms with Crippen molar-refractivity contribution in [3.05, 3.63) is 102 Å². The fraction of sp³-hybridized carbons (Fsp3) is 0.136. The zero-order valence-electron chi connectivity index (χ0n) is 16.0. The van der Waals surface area contributed by atoms with Gasteiger partial charge in [-0.2, -0.15) is 4.72 Å². The Morgan fingerprint density at radius 2 is 1.43 bits per heavy atom. The molecule has 0 saturated heterocycles. The van der Waals surface area contributed by atoms with Gasteiger partial charge in [-0.3, -0.25) is 9.63 Å². The molecule has 0 aliphatic rings. The number of nitrogens with one attached hydrogen (secondary N) is 2. The van der Waals surface area contributed by atoms with Gasteiger partial charge < -0.3 is 0 Å². The number of carbonyl (C=O) groups excluding carboxylic acids is 1. The number of sulfonamides is 1. The summed E-state index contributed by atoms with van der Waals surface area (Å²) in [6, 6.07) is 21.9. The van der Waals surface area contributed by atoms with E-state index in [0.717, 1.165) is 23.3 Å². The quantitative estimate of drug-likeness (QED) is 0.513. The number of halogens is 1. The van der Waals surface area contributed by atoms with Gasteiger partial charge in [0.1, 0.15) is 16.8 Å². The summed E-state index contributed by atoms with van der Waals surface area (Å²) in [4.78, 5) is 17.4. The third kappa shape index (κ3) is 5.96. The number of hydroxylamine groups is 1. The molecule has 0 heterocycles. The average molecular weight is 428 g/mol. The minimum atomic E-state index is -4.27. The van der Waals surface area contributed by atoms with E-state index in [1.807, 2.05) is 36.4 Å². The molecule has 0 spiro atoms. The van der Waals surface area contributed by atoms with Crippen LogP contribution in [-0.2, 0) is 32.7 Å². The molecule has 3 aromatic carbocycles. The Labute approximate surface area is 174 Å². The van der Waals surface area contributed by atoms with Gasteiger partial charge in [-0.25, -0.2) is 18.3 Å². The maximum atomic E-state index is 14.0. The second kappa shape index (κ2) is 10.1. The molecular weight excluding hydrogens is 407 g/mol. The lowest BCUT2D eigenvalue weighted by Crippen LogP contribution is -2.48. The Morgan fingerprint density at radius 1 is 0.867 bits per heavy atom. The highest BCUT2D eigenvalue weighted by Gasteiger charge is 2.28. The van der Waals surface area contributed by atoms with Crippen LogP contribution in [0.2, 0.25) is 0 Å². The molecule has 3 rings (SSSR count). The minimum Gasteiger partial charge on any atom is -0.271 e. The third-order valence-electron chi connectivity index (χ3n) is 4.28. The molecule has 0 aliphatic heterocycles. The highest BCUT2D eigenvalue weighted by molar-refractivity contribution is 7.89. The first kappa shape index (κ1) is 21.6. The van der Waals surface area contributed by atoms with Gasteiger partial charge in [-0.1, -0.05) is 72.8 Å². The number of amides is 1. The lowest BCUT2D eigenvalue weighted by Gasteiger charge is -2.19. The predicted octanol–water partition coefficient (Wildman–Crippen LogP) is 2.96. The first-order valence-electron chi connectivity index (χ1n) is 9.22. The third-order valence-corrected chi connectivity index (χ3v) is 5.78. The van der Waals surface area contributed by atoms with Crippen molar-refractivity contribution in [3.63, 3.8) is 0 Å². The number of benzene rings is 3. The van der Waals surface area contributed by atoms with Gasteiger partial charge in [0.2, 0.25) is 10.0 Å². The van der Waals surface area contributed by atoms with E-state index in [-0.39, 0.29) is 13.0 Å². The highest BCUT2D eigenvalue weighted by Crippen LogP contribution is 2.15. The van der Waals surface area contributed by atoms with Crippen molar-refractivity contribution in [3.8, 4) is 0 Å². The Hall–Kier alpha value is -3.07. The zero-order chi connectivity index (χ0) is 21.4. The van der Waals surface area contributed by atoms with Gasteiger partial charge in [0.15, 0.2) is 0 Å². The van der Waals surface area contributed by atoms with Crippen LogP contribution in [0, 0.1) is 5.82 Å². The lowest BCUT2D eigenvalue weighted by atomic mass is 10.1. The number of hydrogen-bond acceptors (Lipinski definition) is 4.